The van der Waals surface area contributed by atoms with E-state index >= 15 is 0 Å². The summed E-state index contributed by atoms with van der Waals surface area (Å²) in [7, 11) is 0. The van der Waals surface area contributed by atoms with E-state index in [1.165, 1.54) is 0 Å². The molecule has 0 bridgehead atoms. The highest BCUT2D eigenvalue weighted by Crippen LogP contribution is 2.28. The van der Waals surface area contributed by atoms with Crippen molar-refractivity contribution in [1.29, 1.82) is 0 Å². The molecule has 2 amide bonds. The molecule has 0 radical (unpaired) electrons. The molecule has 9 heteroatoms. The zero-order valence-electron chi connectivity index (χ0n) is 20.9. The van der Waals surface area contributed by atoms with E-state index in [4.69, 9.17) is 4.98 Å². The molecule has 2 aromatic carbocycles. The number of nitrogens with zero attached hydrogens (tertiary/aromatic N) is 5. The monoisotopic (exact) mass is 493 g/mol. The van der Waals surface area contributed by atoms with Crippen molar-refractivity contribution in [2.45, 2.75) is 33.9 Å². The number of benzene rings is 2. The second-order valence-corrected chi connectivity index (χ2v) is 8.58. The summed E-state index contributed by atoms with van der Waals surface area (Å²) in [5.41, 5.74) is 4.61. The zero-order chi connectivity index (χ0) is 25.9. The molecular weight excluding hydrogens is 466 g/mol. The highest BCUT2D eigenvalue weighted by molar-refractivity contribution is 6.15. The first kappa shape index (κ1) is 23.9. The summed E-state index contributed by atoms with van der Waals surface area (Å²) in [6.45, 7) is 7.14. The van der Waals surface area contributed by atoms with Gasteiger partial charge in [-0.1, -0.05) is 36.4 Å². The van der Waals surface area contributed by atoms with Crippen molar-refractivity contribution in [2.75, 3.05) is 10.6 Å². The Hall–Kier alpha value is -4.79. The first-order valence-electron chi connectivity index (χ1n) is 12.2. The summed E-state index contributed by atoms with van der Waals surface area (Å²) < 4.78 is 3.46. The van der Waals surface area contributed by atoms with Crippen molar-refractivity contribution >= 4 is 34.1 Å². The lowest BCUT2D eigenvalue weighted by Gasteiger charge is -2.10. The van der Waals surface area contributed by atoms with Crippen molar-refractivity contribution in [1.82, 2.24) is 24.5 Å². The molecule has 9 nitrogen and oxygen atoms in total. The number of amides is 2. The van der Waals surface area contributed by atoms with E-state index in [2.05, 4.69) is 20.8 Å². The van der Waals surface area contributed by atoms with Crippen LogP contribution in [0.3, 0.4) is 0 Å². The van der Waals surface area contributed by atoms with Crippen LogP contribution in [0, 0.1) is 6.92 Å². The Kier molecular flexibility index (Phi) is 6.51. The average molecular weight is 494 g/mol. The highest BCUT2D eigenvalue weighted by Gasteiger charge is 2.22. The van der Waals surface area contributed by atoms with Gasteiger partial charge in [-0.2, -0.15) is 10.2 Å². The highest BCUT2D eigenvalue weighted by atomic mass is 16.2. The van der Waals surface area contributed by atoms with E-state index in [9.17, 15) is 9.59 Å². The molecule has 5 rings (SSSR count). The predicted octanol–water partition coefficient (Wildman–Crippen LogP) is 5.15. The van der Waals surface area contributed by atoms with Gasteiger partial charge in [-0.25, -0.2) is 4.98 Å². The van der Waals surface area contributed by atoms with Crippen LogP contribution in [0.5, 0.6) is 0 Å². The Bertz CT molecular complexity index is 1600. The topological polar surface area (TPSA) is 107 Å². The molecule has 0 saturated carbocycles. The van der Waals surface area contributed by atoms with Gasteiger partial charge in [0.15, 0.2) is 5.69 Å². The molecule has 3 heterocycles. The largest absolute Gasteiger partial charge is 0.321 e. The van der Waals surface area contributed by atoms with Gasteiger partial charge < -0.3 is 10.6 Å². The number of carbonyl (C=O) groups is 2. The van der Waals surface area contributed by atoms with Crippen LogP contribution >= 0.6 is 0 Å². The van der Waals surface area contributed by atoms with Gasteiger partial charge in [0.2, 0.25) is 0 Å². The molecule has 0 aliphatic rings. The number of carbonyl (C=O) groups excluding carboxylic acids is 2. The summed E-state index contributed by atoms with van der Waals surface area (Å²) in [6.07, 6.45) is 3.60. The van der Waals surface area contributed by atoms with Gasteiger partial charge in [0.25, 0.3) is 11.8 Å². The Morgan fingerprint density at radius 2 is 1.54 bits per heavy atom. The molecular formula is C28H27N7O2. The molecule has 0 spiro atoms. The van der Waals surface area contributed by atoms with E-state index in [-0.39, 0.29) is 11.6 Å². The standard InChI is InChI=1S/C28H27N7O2/c1-4-34-16-22(18(3)32-34)24-15-21(20-13-9-10-14-23(20)30-24)27(36)31-25-17-35(5-2)33-26(25)28(37)29-19-11-7-6-8-12-19/h6-17H,4-5H2,1-3H3,(H,29,37)(H,31,36). The maximum atomic E-state index is 13.7. The minimum atomic E-state index is -0.406. The Morgan fingerprint density at radius 1 is 0.838 bits per heavy atom. The summed E-state index contributed by atoms with van der Waals surface area (Å²) in [4.78, 5) is 31.5. The lowest BCUT2D eigenvalue weighted by Crippen LogP contribution is -2.18. The summed E-state index contributed by atoms with van der Waals surface area (Å²) in [5.74, 6) is -0.763. The van der Waals surface area contributed by atoms with Gasteiger partial charge in [0, 0.05) is 42.1 Å². The van der Waals surface area contributed by atoms with Crippen molar-refractivity contribution in [2.24, 2.45) is 0 Å². The summed E-state index contributed by atoms with van der Waals surface area (Å²) in [6, 6.07) is 18.4. The molecule has 186 valence electrons. The number of anilines is 2. The first-order valence-corrected chi connectivity index (χ1v) is 12.2. The molecule has 37 heavy (non-hydrogen) atoms. The molecule has 0 atom stereocenters. The van der Waals surface area contributed by atoms with Gasteiger partial charge in [-0.05, 0) is 45.0 Å². The fraction of sp³-hybridized carbons (Fsp3) is 0.179. The van der Waals surface area contributed by atoms with Crippen LogP contribution < -0.4 is 10.6 Å². The third-order valence-electron chi connectivity index (χ3n) is 6.09. The fourth-order valence-corrected chi connectivity index (χ4v) is 4.18. The van der Waals surface area contributed by atoms with Crippen molar-refractivity contribution in [3.8, 4) is 11.3 Å². The zero-order valence-corrected chi connectivity index (χ0v) is 20.9. The van der Waals surface area contributed by atoms with Gasteiger partial charge in [0.1, 0.15) is 0 Å². The van der Waals surface area contributed by atoms with Crippen LogP contribution in [-0.4, -0.2) is 36.4 Å². The van der Waals surface area contributed by atoms with E-state index < -0.39 is 5.91 Å². The van der Waals surface area contributed by atoms with Crippen LogP contribution in [0.2, 0.25) is 0 Å². The predicted molar refractivity (Wildman–Crippen MR) is 144 cm³/mol. The molecule has 5 aromatic rings. The number of aromatic nitrogens is 5. The van der Waals surface area contributed by atoms with Crippen LogP contribution in [0.1, 0.15) is 40.4 Å². The number of rotatable bonds is 7. The Morgan fingerprint density at radius 3 is 2.27 bits per heavy atom. The number of hydrogen-bond donors (Lipinski definition) is 2. The Labute approximate surface area is 214 Å². The van der Waals surface area contributed by atoms with Crippen LogP contribution in [0.25, 0.3) is 22.2 Å². The maximum Gasteiger partial charge on any atom is 0.278 e. The number of aryl methyl sites for hydroxylation is 3. The van der Waals surface area contributed by atoms with Gasteiger partial charge in [-0.3, -0.25) is 19.0 Å². The summed E-state index contributed by atoms with van der Waals surface area (Å²) in [5, 5.41) is 15.4. The van der Waals surface area contributed by atoms with E-state index in [0.29, 0.717) is 40.1 Å². The quantitative estimate of drug-likeness (QED) is 0.326. The normalized spacial score (nSPS) is 11.0. The average Bonchev–Trinajstić information content (AvgIpc) is 3.51. The number of fused-ring (bicyclic) bond motifs is 1. The fourth-order valence-electron chi connectivity index (χ4n) is 4.18. The van der Waals surface area contributed by atoms with E-state index in [1.807, 2.05) is 74.1 Å². The second kappa shape index (κ2) is 10.1. The SMILES string of the molecule is CCn1cc(-c2cc(C(=O)Nc3cn(CC)nc3C(=O)Nc3ccccc3)c3ccccc3n2)c(C)n1. The maximum absolute atomic E-state index is 13.7. The third kappa shape index (κ3) is 4.84. The van der Waals surface area contributed by atoms with Crippen LogP contribution in [0.15, 0.2) is 73.1 Å². The minimum absolute atomic E-state index is 0.137. The molecule has 0 saturated heterocycles. The summed E-state index contributed by atoms with van der Waals surface area (Å²) >= 11 is 0. The smallest absolute Gasteiger partial charge is 0.278 e. The molecule has 0 aliphatic carbocycles. The molecule has 0 aliphatic heterocycles. The number of para-hydroxylation sites is 2. The first-order chi connectivity index (χ1) is 18.0. The van der Waals surface area contributed by atoms with Crippen LogP contribution in [-0.2, 0) is 13.1 Å². The van der Waals surface area contributed by atoms with Crippen LogP contribution in [0.4, 0.5) is 11.4 Å². The lowest BCUT2D eigenvalue weighted by atomic mass is 10.0. The molecule has 3 aromatic heterocycles. The number of nitrogens with one attached hydrogen (secondary N) is 2. The molecule has 0 fully saturated rings. The lowest BCUT2D eigenvalue weighted by molar-refractivity contribution is 0.102. The third-order valence-corrected chi connectivity index (χ3v) is 6.09. The Balaban J connectivity index is 1.52. The van der Waals surface area contributed by atoms with Crippen molar-refractivity contribution in [3.05, 3.63) is 90.0 Å². The van der Waals surface area contributed by atoms with Gasteiger partial charge >= 0.3 is 0 Å². The second-order valence-electron chi connectivity index (χ2n) is 8.58. The number of hydrogen-bond acceptors (Lipinski definition) is 5. The van der Waals surface area contributed by atoms with Crippen molar-refractivity contribution < 1.29 is 9.59 Å². The van der Waals surface area contributed by atoms with E-state index in [1.54, 1.807) is 29.1 Å². The minimum Gasteiger partial charge on any atom is -0.321 e. The van der Waals surface area contributed by atoms with Gasteiger partial charge in [-0.15, -0.1) is 0 Å². The van der Waals surface area contributed by atoms with Crippen molar-refractivity contribution in [3.63, 3.8) is 0 Å². The van der Waals surface area contributed by atoms with E-state index in [0.717, 1.165) is 17.8 Å². The molecule has 0 unspecified atom stereocenters. The van der Waals surface area contributed by atoms with Gasteiger partial charge in [0.05, 0.1) is 28.2 Å². The molecule has 2 N–H and O–H groups in total. The number of pyridine rings is 1.